The molecule has 2 heterocycles. The summed E-state index contributed by atoms with van der Waals surface area (Å²) in [4.78, 5) is 14.9. The van der Waals surface area contributed by atoms with Crippen LogP contribution < -0.4 is 5.32 Å². The molecule has 22 heavy (non-hydrogen) atoms. The number of carbonyl (C=O) groups excluding carboxylic acids is 1. The Morgan fingerprint density at radius 3 is 2.82 bits per heavy atom. The molecule has 2 unspecified atom stereocenters. The van der Waals surface area contributed by atoms with Crippen molar-refractivity contribution < 1.29 is 4.79 Å². The van der Waals surface area contributed by atoms with Gasteiger partial charge in [0.15, 0.2) is 0 Å². The summed E-state index contributed by atoms with van der Waals surface area (Å²) < 4.78 is 0. The summed E-state index contributed by atoms with van der Waals surface area (Å²) in [5.41, 5.74) is 2.90. The Morgan fingerprint density at radius 1 is 1.32 bits per heavy atom. The second-order valence-corrected chi connectivity index (χ2v) is 6.42. The standard InChI is InChI=1S/C16H20N4OS/c1-17-13-8-5-9-14(12-6-3-2-4-7-12)20(16(13)21)10-15-19-18-11-22-15/h2-4,6-7,11,13-14,17H,5,8-10H2,1H3. The summed E-state index contributed by atoms with van der Waals surface area (Å²) in [6.07, 6.45) is 2.89. The van der Waals surface area contributed by atoms with Gasteiger partial charge >= 0.3 is 0 Å². The lowest BCUT2D eigenvalue weighted by Gasteiger charge is -2.31. The maximum absolute atomic E-state index is 12.9. The molecule has 116 valence electrons. The molecule has 1 saturated heterocycles. The van der Waals surface area contributed by atoms with Crippen molar-refractivity contribution in [2.45, 2.75) is 37.9 Å². The van der Waals surface area contributed by atoms with E-state index >= 15 is 0 Å². The van der Waals surface area contributed by atoms with E-state index in [1.807, 2.05) is 30.1 Å². The summed E-state index contributed by atoms with van der Waals surface area (Å²) >= 11 is 1.49. The lowest BCUT2D eigenvalue weighted by molar-refractivity contribution is -0.135. The molecule has 0 bridgehead atoms. The number of rotatable bonds is 4. The van der Waals surface area contributed by atoms with E-state index in [2.05, 4.69) is 27.6 Å². The molecule has 5 nitrogen and oxygen atoms in total. The van der Waals surface area contributed by atoms with Gasteiger partial charge in [-0.25, -0.2) is 0 Å². The molecular formula is C16H20N4OS. The molecule has 0 saturated carbocycles. The molecule has 2 aromatic rings. The van der Waals surface area contributed by atoms with Crippen molar-refractivity contribution >= 4 is 17.2 Å². The quantitative estimate of drug-likeness (QED) is 0.941. The van der Waals surface area contributed by atoms with Gasteiger partial charge in [0.2, 0.25) is 5.91 Å². The number of hydrogen-bond acceptors (Lipinski definition) is 5. The van der Waals surface area contributed by atoms with Gasteiger partial charge in [0.25, 0.3) is 0 Å². The molecule has 0 aliphatic carbocycles. The van der Waals surface area contributed by atoms with Gasteiger partial charge in [-0.05, 0) is 31.9 Å². The number of amides is 1. The number of nitrogens with one attached hydrogen (secondary N) is 1. The predicted molar refractivity (Wildman–Crippen MR) is 86.3 cm³/mol. The normalized spacial score (nSPS) is 22.6. The summed E-state index contributed by atoms with van der Waals surface area (Å²) in [6.45, 7) is 0.529. The Hall–Kier alpha value is -1.79. The molecular weight excluding hydrogens is 296 g/mol. The van der Waals surface area contributed by atoms with Gasteiger partial charge in [-0.3, -0.25) is 4.79 Å². The molecule has 1 amide bonds. The van der Waals surface area contributed by atoms with E-state index < -0.39 is 0 Å². The Bertz CT molecular complexity index is 602. The number of aromatic nitrogens is 2. The van der Waals surface area contributed by atoms with Crippen LogP contribution in [0.2, 0.25) is 0 Å². The lowest BCUT2D eigenvalue weighted by atomic mass is 10.0. The third kappa shape index (κ3) is 3.18. The van der Waals surface area contributed by atoms with Crippen molar-refractivity contribution in [2.24, 2.45) is 0 Å². The first-order valence-electron chi connectivity index (χ1n) is 7.57. The highest BCUT2D eigenvalue weighted by molar-refractivity contribution is 7.09. The second-order valence-electron chi connectivity index (χ2n) is 5.50. The summed E-state index contributed by atoms with van der Waals surface area (Å²) in [5.74, 6) is 0.157. The summed E-state index contributed by atoms with van der Waals surface area (Å²) in [5, 5.41) is 12.0. The van der Waals surface area contributed by atoms with Crippen LogP contribution in [-0.4, -0.2) is 34.1 Å². The van der Waals surface area contributed by atoms with Crippen molar-refractivity contribution in [1.29, 1.82) is 0 Å². The predicted octanol–water partition coefficient (Wildman–Crippen LogP) is 2.38. The van der Waals surface area contributed by atoms with Crippen LogP contribution >= 0.6 is 11.3 Å². The summed E-state index contributed by atoms with van der Waals surface area (Å²) in [7, 11) is 1.86. The van der Waals surface area contributed by atoms with Gasteiger partial charge in [-0.1, -0.05) is 30.3 Å². The molecule has 0 radical (unpaired) electrons. The van der Waals surface area contributed by atoms with Crippen molar-refractivity contribution in [1.82, 2.24) is 20.4 Å². The smallest absolute Gasteiger partial charge is 0.240 e. The van der Waals surface area contributed by atoms with Crippen LogP contribution in [0, 0.1) is 0 Å². The first kappa shape index (κ1) is 15.1. The first-order valence-corrected chi connectivity index (χ1v) is 8.45. The molecule has 2 atom stereocenters. The fourth-order valence-corrected chi connectivity index (χ4v) is 3.56. The molecule has 1 fully saturated rings. The average molecular weight is 316 g/mol. The highest BCUT2D eigenvalue weighted by Gasteiger charge is 2.33. The van der Waals surface area contributed by atoms with E-state index in [4.69, 9.17) is 0 Å². The van der Waals surface area contributed by atoms with Crippen molar-refractivity contribution in [2.75, 3.05) is 7.05 Å². The van der Waals surface area contributed by atoms with Gasteiger partial charge in [0.1, 0.15) is 10.5 Å². The van der Waals surface area contributed by atoms with E-state index in [0.29, 0.717) is 6.54 Å². The number of benzene rings is 1. The minimum atomic E-state index is -0.110. The van der Waals surface area contributed by atoms with Crippen LogP contribution in [0.15, 0.2) is 35.8 Å². The zero-order valence-corrected chi connectivity index (χ0v) is 13.4. The van der Waals surface area contributed by atoms with Gasteiger partial charge in [0, 0.05) is 0 Å². The van der Waals surface area contributed by atoms with Crippen LogP contribution in [-0.2, 0) is 11.3 Å². The maximum atomic E-state index is 12.9. The highest BCUT2D eigenvalue weighted by Crippen LogP contribution is 2.32. The molecule has 1 aromatic heterocycles. The fourth-order valence-electron chi connectivity index (χ4n) is 3.04. The zero-order valence-electron chi connectivity index (χ0n) is 12.6. The van der Waals surface area contributed by atoms with Crippen LogP contribution in [0.3, 0.4) is 0 Å². The minimum Gasteiger partial charge on any atom is -0.327 e. The van der Waals surface area contributed by atoms with Crippen molar-refractivity contribution in [3.8, 4) is 0 Å². The molecule has 1 aliphatic rings. The second kappa shape index (κ2) is 6.98. The van der Waals surface area contributed by atoms with E-state index in [-0.39, 0.29) is 18.0 Å². The Balaban J connectivity index is 1.92. The van der Waals surface area contributed by atoms with E-state index in [1.54, 1.807) is 5.51 Å². The van der Waals surface area contributed by atoms with Gasteiger partial charge in [-0.2, -0.15) is 0 Å². The fraction of sp³-hybridized carbons (Fsp3) is 0.438. The first-order chi connectivity index (χ1) is 10.8. The number of likely N-dealkylation sites (tertiary alicyclic amines) is 1. The third-order valence-electron chi connectivity index (χ3n) is 4.17. The lowest BCUT2D eigenvalue weighted by Crippen LogP contribution is -2.44. The molecule has 1 N–H and O–H groups in total. The molecule has 0 spiro atoms. The van der Waals surface area contributed by atoms with E-state index in [9.17, 15) is 4.79 Å². The topological polar surface area (TPSA) is 58.1 Å². The number of likely N-dealkylation sites (N-methyl/N-ethyl adjacent to an activating group) is 1. The largest absolute Gasteiger partial charge is 0.327 e. The minimum absolute atomic E-state index is 0.107. The van der Waals surface area contributed by atoms with Crippen LogP contribution in [0.1, 0.15) is 35.9 Å². The Labute approximate surface area is 134 Å². The van der Waals surface area contributed by atoms with Crippen LogP contribution in [0.4, 0.5) is 0 Å². The number of nitrogens with zero attached hydrogens (tertiary/aromatic N) is 3. The molecule has 3 rings (SSSR count). The van der Waals surface area contributed by atoms with Crippen LogP contribution in [0.25, 0.3) is 0 Å². The zero-order chi connectivity index (χ0) is 15.4. The van der Waals surface area contributed by atoms with E-state index in [0.717, 1.165) is 24.3 Å². The SMILES string of the molecule is CNC1CCCC(c2ccccc2)N(Cc2nncs2)C1=O. The monoisotopic (exact) mass is 316 g/mol. The van der Waals surface area contributed by atoms with Gasteiger partial charge < -0.3 is 10.2 Å². The molecule has 1 aromatic carbocycles. The maximum Gasteiger partial charge on any atom is 0.240 e. The molecule has 1 aliphatic heterocycles. The Kier molecular flexibility index (Phi) is 4.80. The Morgan fingerprint density at radius 2 is 2.14 bits per heavy atom. The highest BCUT2D eigenvalue weighted by atomic mass is 32.1. The van der Waals surface area contributed by atoms with Gasteiger partial charge in [-0.15, -0.1) is 21.5 Å². The average Bonchev–Trinajstić information content (AvgIpc) is 3.01. The van der Waals surface area contributed by atoms with E-state index in [1.165, 1.54) is 16.9 Å². The number of carbonyl (C=O) groups is 1. The summed E-state index contributed by atoms with van der Waals surface area (Å²) in [6, 6.07) is 10.3. The van der Waals surface area contributed by atoms with Crippen molar-refractivity contribution in [3.05, 3.63) is 46.4 Å². The third-order valence-corrected chi connectivity index (χ3v) is 4.85. The van der Waals surface area contributed by atoms with Gasteiger partial charge in [0.05, 0.1) is 18.6 Å². The molecule has 6 heteroatoms. The van der Waals surface area contributed by atoms with Crippen molar-refractivity contribution in [3.63, 3.8) is 0 Å². The van der Waals surface area contributed by atoms with Crippen LogP contribution in [0.5, 0.6) is 0 Å². The number of hydrogen-bond donors (Lipinski definition) is 1.